The van der Waals surface area contributed by atoms with Crippen LogP contribution in [-0.4, -0.2) is 33.6 Å². The Morgan fingerprint density at radius 1 is 1.62 bits per heavy atom. The molecule has 0 amide bonds. The molecule has 70 valence electrons. The molecule has 0 atom stereocenters. The summed E-state index contributed by atoms with van der Waals surface area (Å²) >= 11 is 0. The van der Waals surface area contributed by atoms with Crippen molar-refractivity contribution in [3.8, 4) is 0 Å². The number of hydrogen-bond donors (Lipinski definition) is 1. The number of fused-ring (bicyclic) bond motifs is 1. The van der Waals surface area contributed by atoms with E-state index in [0.717, 1.165) is 25.2 Å². The van der Waals surface area contributed by atoms with E-state index in [2.05, 4.69) is 21.9 Å². The van der Waals surface area contributed by atoms with Gasteiger partial charge < -0.3 is 10.0 Å². The van der Waals surface area contributed by atoms with E-state index in [4.69, 9.17) is 5.11 Å². The van der Waals surface area contributed by atoms with Gasteiger partial charge in [-0.15, -0.1) is 0 Å². The lowest BCUT2D eigenvalue weighted by molar-refractivity contribution is 0.267. The molecule has 1 aliphatic heterocycles. The molecule has 1 aromatic heterocycles. The van der Waals surface area contributed by atoms with Gasteiger partial charge in [0.1, 0.15) is 6.61 Å². The molecule has 0 aromatic carbocycles. The summed E-state index contributed by atoms with van der Waals surface area (Å²) in [5.74, 6) is 0.531. The van der Waals surface area contributed by atoms with Gasteiger partial charge in [-0.1, -0.05) is 0 Å². The summed E-state index contributed by atoms with van der Waals surface area (Å²) in [5, 5.41) is 8.86. The van der Waals surface area contributed by atoms with E-state index >= 15 is 0 Å². The molecule has 2 heterocycles. The first-order valence-corrected chi connectivity index (χ1v) is 4.42. The third-order valence-corrected chi connectivity index (χ3v) is 2.32. The zero-order valence-electron chi connectivity index (χ0n) is 7.69. The maximum atomic E-state index is 8.86. The van der Waals surface area contributed by atoms with Crippen molar-refractivity contribution in [3.63, 3.8) is 0 Å². The quantitative estimate of drug-likeness (QED) is 0.657. The summed E-state index contributed by atoms with van der Waals surface area (Å²) in [6, 6.07) is 0. The zero-order valence-corrected chi connectivity index (χ0v) is 7.69. The van der Waals surface area contributed by atoms with Crippen LogP contribution < -0.4 is 0 Å². The largest absolute Gasteiger partial charge is 0.388 e. The van der Waals surface area contributed by atoms with Gasteiger partial charge in [0.2, 0.25) is 0 Å². The Bertz CT molecular complexity index is 314. The van der Waals surface area contributed by atoms with Crippen molar-refractivity contribution in [1.82, 2.24) is 14.9 Å². The molecule has 1 N–H and O–H groups in total. The zero-order chi connectivity index (χ0) is 9.26. The van der Waals surface area contributed by atoms with Crippen LogP contribution in [0, 0.1) is 0 Å². The van der Waals surface area contributed by atoms with Crippen molar-refractivity contribution >= 4 is 0 Å². The van der Waals surface area contributed by atoms with Crippen LogP contribution in [-0.2, 0) is 19.6 Å². The predicted octanol–water partition coefficient (Wildman–Crippen LogP) is -0.0432. The Balaban J connectivity index is 2.31. The molecule has 2 rings (SSSR count). The van der Waals surface area contributed by atoms with Crippen LogP contribution in [0.5, 0.6) is 0 Å². The van der Waals surface area contributed by atoms with Crippen molar-refractivity contribution in [2.75, 3.05) is 13.6 Å². The van der Waals surface area contributed by atoms with Crippen molar-refractivity contribution in [2.45, 2.75) is 19.6 Å². The molecule has 0 aliphatic carbocycles. The van der Waals surface area contributed by atoms with Gasteiger partial charge in [0, 0.05) is 37.0 Å². The SMILES string of the molecule is CN1CCc2nc(CO)ncc2C1. The van der Waals surface area contributed by atoms with Gasteiger partial charge >= 0.3 is 0 Å². The van der Waals surface area contributed by atoms with Crippen molar-refractivity contribution in [2.24, 2.45) is 0 Å². The van der Waals surface area contributed by atoms with Gasteiger partial charge in [0.15, 0.2) is 5.82 Å². The van der Waals surface area contributed by atoms with Crippen LogP contribution in [0.25, 0.3) is 0 Å². The predicted molar refractivity (Wildman–Crippen MR) is 48.0 cm³/mol. The summed E-state index contributed by atoms with van der Waals surface area (Å²) in [5.41, 5.74) is 2.28. The normalized spacial score (nSPS) is 17.1. The van der Waals surface area contributed by atoms with Gasteiger partial charge in [0.25, 0.3) is 0 Å². The van der Waals surface area contributed by atoms with E-state index in [0.29, 0.717) is 5.82 Å². The topological polar surface area (TPSA) is 49.2 Å². The molecule has 0 spiro atoms. The third kappa shape index (κ3) is 1.68. The molecule has 0 saturated carbocycles. The van der Waals surface area contributed by atoms with E-state index in [1.165, 1.54) is 5.56 Å². The molecule has 0 saturated heterocycles. The fourth-order valence-electron chi connectivity index (χ4n) is 1.57. The lowest BCUT2D eigenvalue weighted by Gasteiger charge is -2.23. The van der Waals surface area contributed by atoms with Gasteiger partial charge in [-0.25, -0.2) is 9.97 Å². The standard InChI is InChI=1S/C9H13N3O/c1-12-3-2-8-7(5-12)4-10-9(6-13)11-8/h4,13H,2-3,5-6H2,1H3. The summed E-state index contributed by atoms with van der Waals surface area (Å²) in [7, 11) is 2.09. The minimum absolute atomic E-state index is 0.0663. The minimum atomic E-state index is -0.0663. The fraction of sp³-hybridized carbons (Fsp3) is 0.556. The number of nitrogens with zero attached hydrogens (tertiary/aromatic N) is 3. The molecule has 1 aromatic rings. The summed E-state index contributed by atoms with van der Waals surface area (Å²) in [6.45, 7) is 1.89. The van der Waals surface area contributed by atoms with Gasteiger partial charge in [-0.2, -0.15) is 0 Å². The highest BCUT2D eigenvalue weighted by atomic mass is 16.3. The van der Waals surface area contributed by atoms with Gasteiger partial charge in [-0.3, -0.25) is 0 Å². The Labute approximate surface area is 77.2 Å². The van der Waals surface area contributed by atoms with Crippen LogP contribution in [0.15, 0.2) is 6.20 Å². The molecular formula is C9H13N3O. The van der Waals surface area contributed by atoms with E-state index in [1.807, 2.05) is 6.20 Å². The number of aromatic nitrogens is 2. The highest BCUT2D eigenvalue weighted by Crippen LogP contribution is 2.14. The smallest absolute Gasteiger partial charge is 0.153 e. The van der Waals surface area contributed by atoms with Crippen molar-refractivity contribution < 1.29 is 5.11 Å². The Morgan fingerprint density at radius 2 is 2.46 bits per heavy atom. The Kier molecular flexibility index (Phi) is 2.24. The maximum absolute atomic E-state index is 8.86. The first kappa shape index (κ1) is 8.59. The average molecular weight is 179 g/mol. The van der Waals surface area contributed by atoms with Crippen LogP contribution in [0.1, 0.15) is 17.1 Å². The van der Waals surface area contributed by atoms with E-state index in [9.17, 15) is 0 Å². The van der Waals surface area contributed by atoms with E-state index < -0.39 is 0 Å². The lowest BCUT2D eigenvalue weighted by Crippen LogP contribution is -2.27. The number of aliphatic hydroxyl groups excluding tert-OH is 1. The fourth-order valence-corrected chi connectivity index (χ4v) is 1.57. The Hall–Kier alpha value is -1.00. The summed E-state index contributed by atoms with van der Waals surface area (Å²) in [6.07, 6.45) is 2.78. The highest BCUT2D eigenvalue weighted by Gasteiger charge is 2.14. The molecule has 4 nitrogen and oxygen atoms in total. The maximum Gasteiger partial charge on any atom is 0.153 e. The van der Waals surface area contributed by atoms with Crippen LogP contribution in [0.2, 0.25) is 0 Å². The second kappa shape index (κ2) is 3.40. The van der Waals surface area contributed by atoms with Gasteiger partial charge in [0.05, 0.1) is 0 Å². The van der Waals surface area contributed by atoms with Gasteiger partial charge in [-0.05, 0) is 7.05 Å². The third-order valence-electron chi connectivity index (χ3n) is 2.32. The minimum Gasteiger partial charge on any atom is -0.388 e. The van der Waals surface area contributed by atoms with Crippen LogP contribution in [0.3, 0.4) is 0 Å². The number of likely N-dealkylation sites (N-methyl/N-ethyl adjacent to an activating group) is 1. The summed E-state index contributed by atoms with van der Waals surface area (Å²) in [4.78, 5) is 10.6. The molecule has 4 heteroatoms. The van der Waals surface area contributed by atoms with Crippen molar-refractivity contribution in [3.05, 3.63) is 23.3 Å². The molecule has 0 fully saturated rings. The number of aliphatic hydroxyl groups is 1. The molecule has 1 aliphatic rings. The molecule has 13 heavy (non-hydrogen) atoms. The lowest BCUT2D eigenvalue weighted by atomic mass is 10.1. The number of hydrogen-bond acceptors (Lipinski definition) is 4. The highest BCUT2D eigenvalue weighted by molar-refractivity contribution is 5.20. The second-order valence-corrected chi connectivity index (χ2v) is 3.40. The second-order valence-electron chi connectivity index (χ2n) is 3.40. The van der Waals surface area contributed by atoms with Crippen molar-refractivity contribution in [1.29, 1.82) is 0 Å². The summed E-state index contributed by atoms with van der Waals surface area (Å²) < 4.78 is 0. The monoisotopic (exact) mass is 179 g/mol. The first-order valence-electron chi connectivity index (χ1n) is 4.42. The molecule has 0 unspecified atom stereocenters. The van der Waals surface area contributed by atoms with E-state index in [-0.39, 0.29) is 6.61 Å². The van der Waals surface area contributed by atoms with E-state index in [1.54, 1.807) is 0 Å². The molecule has 0 radical (unpaired) electrons. The first-order chi connectivity index (χ1) is 6.29. The van der Waals surface area contributed by atoms with Crippen LogP contribution in [0.4, 0.5) is 0 Å². The number of rotatable bonds is 1. The molecular weight excluding hydrogens is 166 g/mol. The molecule has 0 bridgehead atoms. The van der Waals surface area contributed by atoms with Crippen LogP contribution >= 0.6 is 0 Å². The average Bonchev–Trinajstić information content (AvgIpc) is 2.17. The Morgan fingerprint density at radius 3 is 3.23 bits per heavy atom.